The maximum atomic E-state index is 9.30. The van der Waals surface area contributed by atoms with Crippen LogP contribution < -0.4 is 0 Å². The van der Waals surface area contributed by atoms with Crippen molar-refractivity contribution in [2.45, 2.75) is 30.7 Å². The molecular formula is C6H10O5. The smallest absolute Gasteiger partial charge is 0.186 e. The summed E-state index contributed by atoms with van der Waals surface area (Å²) < 4.78 is 17.1. The first-order valence-corrected chi connectivity index (χ1v) is 3.39. The van der Waals surface area contributed by atoms with Crippen molar-refractivity contribution in [3.63, 3.8) is 0 Å². The van der Waals surface area contributed by atoms with Gasteiger partial charge in [-0.25, -0.2) is 0 Å². The zero-order valence-corrected chi connectivity index (χ0v) is 5.67. The molecule has 5 heteroatoms. The monoisotopic (exact) mass is 163 g/mol. The van der Waals surface area contributed by atoms with Gasteiger partial charge in [0.15, 0.2) is 6.29 Å². The number of hydrogen-bond acceptors (Lipinski definition) is 5. The Morgan fingerprint density at radius 2 is 2.00 bits per heavy atom. The van der Waals surface area contributed by atoms with Gasteiger partial charge in [-0.2, -0.15) is 0 Å². The molecule has 0 aromatic rings. The molecule has 0 amide bonds. The average molecular weight is 163 g/mol. The summed E-state index contributed by atoms with van der Waals surface area (Å²) in [6.07, 6.45) is -6.93. The van der Waals surface area contributed by atoms with E-state index in [1.165, 1.54) is 0 Å². The van der Waals surface area contributed by atoms with Crippen LogP contribution in [0, 0.1) is 0 Å². The molecular weight excluding hydrogens is 152 g/mol. The van der Waals surface area contributed by atoms with Gasteiger partial charge in [0, 0.05) is 0 Å². The predicted molar refractivity (Wildman–Crippen MR) is 32.6 cm³/mol. The van der Waals surface area contributed by atoms with Gasteiger partial charge in [0.25, 0.3) is 0 Å². The van der Waals surface area contributed by atoms with Crippen molar-refractivity contribution in [3.05, 3.63) is 0 Å². The molecule has 64 valence electrons. The van der Waals surface area contributed by atoms with E-state index in [-0.39, 0.29) is 6.61 Å². The molecule has 2 aliphatic rings. The van der Waals surface area contributed by atoms with Crippen LogP contribution in [0.2, 0.25) is 0 Å². The lowest BCUT2D eigenvalue weighted by atomic mass is 10.0. The van der Waals surface area contributed by atoms with Crippen LogP contribution in [0.1, 0.15) is 1.37 Å². The fourth-order valence-electron chi connectivity index (χ4n) is 1.28. The van der Waals surface area contributed by atoms with Crippen molar-refractivity contribution >= 4 is 0 Å². The molecule has 3 N–H and O–H groups in total. The third-order valence-corrected chi connectivity index (χ3v) is 1.95. The molecule has 0 saturated carbocycles. The average Bonchev–Trinajstić information content (AvgIpc) is 2.45. The second kappa shape index (κ2) is 2.40. The lowest BCUT2D eigenvalue weighted by Crippen LogP contribution is -2.53. The van der Waals surface area contributed by atoms with E-state index in [2.05, 4.69) is 0 Å². The Morgan fingerprint density at radius 3 is 2.73 bits per heavy atom. The Hall–Kier alpha value is -0.200. The first-order chi connectivity index (χ1) is 5.53. The van der Waals surface area contributed by atoms with E-state index in [0.29, 0.717) is 0 Å². The van der Waals surface area contributed by atoms with Crippen LogP contribution in [0.3, 0.4) is 0 Å². The van der Waals surface area contributed by atoms with E-state index in [1.54, 1.807) is 0 Å². The van der Waals surface area contributed by atoms with Crippen molar-refractivity contribution in [1.82, 2.24) is 0 Å². The lowest BCUT2D eigenvalue weighted by Gasteiger charge is -2.32. The van der Waals surface area contributed by atoms with Gasteiger partial charge in [0.05, 0.1) is 7.98 Å². The summed E-state index contributed by atoms with van der Waals surface area (Å²) >= 11 is 0. The van der Waals surface area contributed by atoms with E-state index in [4.69, 9.17) is 10.8 Å². The molecule has 1 unspecified atom stereocenters. The maximum Gasteiger partial charge on any atom is 0.186 e. The number of aliphatic hydroxyl groups is 3. The Bertz CT molecular complexity index is 178. The zero-order chi connectivity index (χ0) is 8.93. The number of hydrogen-bond donors (Lipinski definition) is 3. The predicted octanol–water partition coefficient (Wildman–Crippen LogP) is -2.18. The number of ether oxygens (including phenoxy) is 2. The summed E-state index contributed by atoms with van der Waals surface area (Å²) in [4.78, 5) is 0. The summed E-state index contributed by atoms with van der Waals surface area (Å²) in [5.74, 6) is 0. The standard InChI is InChI=1S/C6H10O5/c7-3-2-1-10-6(11-2)5(9)4(3)8/h2-9H,1H2/t2-,3-,4+,5-,6?/m1/s1/i4D. The molecule has 0 aliphatic carbocycles. The van der Waals surface area contributed by atoms with Gasteiger partial charge >= 0.3 is 0 Å². The fraction of sp³-hybridized carbons (Fsp3) is 1.00. The Morgan fingerprint density at radius 1 is 1.27 bits per heavy atom. The van der Waals surface area contributed by atoms with Crippen molar-refractivity contribution in [2.24, 2.45) is 0 Å². The van der Waals surface area contributed by atoms with Gasteiger partial charge in [0.1, 0.15) is 24.4 Å². The molecule has 0 radical (unpaired) electrons. The highest BCUT2D eigenvalue weighted by Gasteiger charge is 2.48. The highest BCUT2D eigenvalue weighted by atomic mass is 16.7. The van der Waals surface area contributed by atoms with Crippen LogP contribution in [0.15, 0.2) is 0 Å². The normalized spacial score (nSPS) is 64.5. The van der Waals surface area contributed by atoms with Crippen molar-refractivity contribution in [2.75, 3.05) is 6.61 Å². The zero-order valence-electron chi connectivity index (χ0n) is 6.67. The Kier molecular flexibility index (Phi) is 1.38. The first kappa shape index (κ1) is 6.33. The molecule has 2 rings (SSSR count). The van der Waals surface area contributed by atoms with Gasteiger partial charge in [-0.3, -0.25) is 0 Å². The van der Waals surface area contributed by atoms with Crippen molar-refractivity contribution in [1.29, 1.82) is 0 Å². The Balaban J connectivity index is 2.27. The van der Waals surface area contributed by atoms with Crippen molar-refractivity contribution in [3.8, 4) is 0 Å². The second-order valence-electron chi connectivity index (χ2n) is 2.69. The summed E-state index contributed by atoms with van der Waals surface area (Å²) in [6.45, 7) is 0.101. The molecule has 0 aromatic heterocycles. The third-order valence-electron chi connectivity index (χ3n) is 1.95. The summed E-state index contributed by atoms with van der Waals surface area (Å²) in [5, 5.41) is 27.8. The molecule has 2 aliphatic heterocycles. The molecule has 11 heavy (non-hydrogen) atoms. The van der Waals surface area contributed by atoms with Crippen LogP contribution >= 0.6 is 0 Å². The highest BCUT2D eigenvalue weighted by Crippen LogP contribution is 2.27. The van der Waals surface area contributed by atoms with E-state index < -0.39 is 30.7 Å². The summed E-state index contributed by atoms with van der Waals surface area (Å²) in [6, 6.07) is 0. The molecule has 5 nitrogen and oxygen atoms in total. The largest absolute Gasteiger partial charge is 0.387 e. The molecule has 5 atom stereocenters. The van der Waals surface area contributed by atoms with Gasteiger partial charge in [-0.05, 0) is 0 Å². The minimum atomic E-state index is -2.29. The Labute approximate surface area is 64.6 Å². The van der Waals surface area contributed by atoms with Gasteiger partial charge in [-0.15, -0.1) is 0 Å². The summed E-state index contributed by atoms with van der Waals surface area (Å²) in [5.41, 5.74) is 0. The highest BCUT2D eigenvalue weighted by molar-refractivity contribution is 4.92. The SMILES string of the molecule is [2H][C@]1(O)[C@H](O)[C@H]2COC(O2)[C@@H]1O. The van der Waals surface area contributed by atoms with E-state index in [9.17, 15) is 15.3 Å². The van der Waals surface area contributed by atoms with E-state index >= 15 is 0 Å². The molecule has 0 spiro atoms. The lowest BCUT2D eigenvalue weighted by molar-refractivity contribution is -0.228. The van der Waals surface area contributed by atoms with Crippen molar-refractivity contribution < 1.29 is 26.2 Å². The van der Waals surface area contributed by atoms with Gasteiger partial charge in [-0.1, -0.05) is 0 Å². The van der Waals surface area contributed by atoms with Crippen LogP contribution in [0.25, 0.3) is 0 Å². The third kappa shape index (κ3) is 0.969. The van der Waals surface area contributed by atoms with Crippen LogP contribution in [-0.2, 0) is 9.47 Å². The fourth-order valence-corrected chi connectivity index (χ4v) is 1.28. The maximum absolute atomic E-state index is 9.30. The van der Waals surface area contributed by atoms with E-state index in [1.807, 2.05) is 0 Å². The van der Waals surface area contributed by atoms with Gasteiger partial charge in [0.2, 0.25) is 0 Å². The molecule has 2 heterocycles. The van der Waals surface area contributed by atoms with Crippen LogP contribution in [0.4, 0.5) is 0 Å². The number of fused-ring (bicyclic) bond motifs is 2. The molecule has 2 fully saturated rings. The topological polar surface area (TPSA) is 79.2 Å². The van der Waals surface area contributed by atoms with Crippen LogP contribution in [0.5, 0.6) is 0 Å². The van der Waals surface area contributed by atoms with Gasteiger partial charge < -0.3 is 24.8 Å². The second-order valence-corrected chi connectivity index (χ2v) is 2.69. The number of rotatable bonds is 0. The molecule has 2 bridgehead atoms. The quantitative estimate of drug-likeness (QED) is 0.378. The first-order valence-electron chi connectivity index (χ1n) is 3.89. The number of aliphatic hydroxyl groups excluding tert-OH is 2. The van der Waals surface area contributed by atoms with E-state index in [0.717, 1.165) is 0 Å². The summed E-state index contributed by atoms with van der Waals surface area (Å²) in [7, 11) is 0. The molecule has 2 saturated heterocycles. The minimum Gasteiger partial charge on any atom is -0.387 e. The minimum absolute atomic E-state index is 0.101. The molecule has 0 aromatic carbocycles. The van der Waals surface area contributed by atoms with Crippen LogP contribution in [-0.4, -0.2) is 52.6 Å².